The van der Waals surface area contributed by atoms with Crippen LogP contribution >= 0.6 is 11.8 Å². The first kappa shape index (κ1) is 20.2. The summed E-state index contributed by atoms with van der Waals surface area (Å²) in [6, 6.07) is 2.32. The van der Waals surface area contributed by atoms with Crippen molar-refractivity contribution < 1.29 is 14.6 Å². The maximum Gasteiger partial charge on any atom is 0.299 e. The number of benzene rings is 1. The Kier molecular flexibility index (Phi) is 7.38. The van der Waals surface area contributed by atoms with Crippen LogP contribution < -0.4 is 5.32 Å². The molecule has 1 aliphatic rings. The molecule has 0 saturated heterocycles. The van der Waals surface area contributed by atoms with Crippen LogP contribution in [0.15, 0.2) is 17.0 Å². The lowest BCUT2D eigenvalue weighted by Gasteiger charge is -2.20. The third-order valence-corrected chi connectivity index (χ3v) is 5.59. The molecule has 1 amide bonds. The van der Waals surface area contributed by atoms with Crippen molar-refractivity contribution in [2.24, 2.45) is 5.92 Å². The van der Waals surface area contributed by atoms with Gasteiger partial charge in [0.1, 0.15) is 5.69 Å². The normalized spacial score (nSPS) is 14.8. The predicted molar refractivity (Wildman–Crippen MR) is 101 cm³/mol. The van der Waals surface area contributed by atoms with E-state index in [2.05, 4.69) is 5.32 Å². The van der Waals surface area contributed by atoms with Gasteiger partial charge in [0.25, 0.3) is 11.4 Å². The molecule has 1 saturated carbocycles. The van der Waals surface area contributed by atoms with E-state index < -0.39 is 15.5 Å². The summed E-state index contributed by atoms with van der Waals surface area (Å²) in [6.45, 7) is 2.01. The number of rotatable bonds is 8. The first-order valence-electron chi connectivity index (χ1n) is 8.84. The van der Waals surface area contributed by atoms with Gasteiger partial charge in [-0.3, -0.25) is 25.0 Å². The minimum Gasteiger partial charge on any atom is -0.320 e. The second-order valence-corrected chi connectivity index (χ2v) is 7.51. The molecule has 0 aromatic heterocycles. The fraction of sp³-hybridized carbons (Fsp3) is 0.588. The molecule has 0 heterocycles. The smallest absolute Gasteiger partial charge is 0.299 e. The zero-order valence-corrected chi connectivity index (χ0v) is 15.5. The summed E-state index contributed by atoms with van der Waals surface area (Å²) in [5, 5.41) is 25.3. The highest BCUT2D eigenvalue weighted by Gasteiger charge is 2.28. The van der Waals surface area contributed by atoms with E-state index in [1.807, 2.05) is 6.92 Å². The number of hydrogen-bond acceptors (Lipinski definition) is 6. The molecular formula is C17H23N3O5S. The maximum absolute atomic E-state index is 12.5. The van der Waals surface area contributed by atoms with Crippen molar-refractivity contribution in [3.05, 3.63) is 32.4 Å². The Morgan fingerprint density at radius 1 is 1.15 bits per heavy atom. The van der Waals surface area contributed by atoms with E-state index in [0.717, 1.165) is 51.0 Å². The summed E-state index contributed by atoms with van der Waals surface area (Å²) in [5.74, 6) is 0.270. The summed E-state index contributed by atoms with van der Waals surface area (Å²) < 4.78 is 0. The van der Waals surface area contributed by atoms with E-state index in [9.17, 15) is 25.0 Å². The van der Waals surface area contributed by atoms with Gasteiger partial charge >= 0.3 is 0 Å². The fourth-order valence-corrected chi connectivity index (χ4v) is 4.13. The highest BCUT2D eigenvalue weighted by molar-refractivity contribution is 7.99. The average Bonchev–Trinajstić information content (AvgIpc) is 2.62. The number of nitrogens with zero attached hydrogens (tertiary/aromatic N) is 2. The minimum absolute atomic E-state index is 0.0372. The molecule has 1 fully saturated rings. The van der Waals surface area contributed by atoms with E-state index in [1.165, 1.54) is 17.8 Å². The molecule has 0 unspecified atom stereocenters. The molecule has 0 radical (unpaired) electrons. The van der Waals surface area contributed by atoms with Crippen LogP contribution in [0.2, 0.25) is 0 Å². The van der Waals surface area contributed by atoms with Gasteiger partial charge in [-0.25, -0.2) is 0 Å². The molecule has 1 aromatic carbocycles. The van der Waals surface area contributed by atoms with Crippen molar-refractivity contribution in [1.29, 1.82) is 0 Å². The van der Waals surface area contributed by atoms with Crippen LogP contribution in [0.3, 0.4) is 0 Å². The Hall–Kier alpha value is -2.16. The van der Waals surface area contributed by atoms with Crippen molar-refractivity contribution in [1.82, 2.24) is 0 Å². The number of nitro groups is 2. The lowest BCUT2D eigenvalue weighted by molar-refractivity contribution is -0.395. The van der Waals surface area contributed by atoms with Crippen LogP contribution in [0, 0.1) is 26.1 Å². The highest BCUT2D eigenvalue weighted by Crippen LogP contribution is 2.39. The molecular weight excluding hydrogens is 358 g/mol. The zero-order valence-electron chi connectivity index (χ0n) is 14.7. The Labute approximate surface area is 156 Å². The Bertz CT molecular complexity index is 689. The van der Waals surface area contributed by atoms with Crippen molar-refractivity contribution >= 4 is 34.7 Å². The van der Waals surface area contributed by atoms with E-state index >= 15 is 0 Å². The predicted octanol–water partition coefficient (Wildman–Crippen LogP) is 4.91. The fourth-order valence-electron chi connectivity index (χ4n) is 2.99. The van der Waals surface area contributed by atoms with E-state index in [-0.39, 0.29) is 23.2 Å². The molecule has 0 bridgehead atoms. The van der Waals surface area contributed by atoms with Crippen molar-refractivity contribution in [2.75, 3.05) is 11.1 Å². The monoisotopic (exact) mass is 381 g/mol. The number of carbonyl (C=O) groups excluding carboxylic acids is 1. The SMILES string of the molecule is CCCCSc1cc(NC(=O)C2CCCCC2)c([N+](=O)[O-])cc1[N+](=O)[O-]. The van der Waals surface area contributed by atoms with Crippen molar-refractivity contribution in [3.63, 3.8) is 0 Å². The number of nitrogens with one attached hydrogen (secondary N) is 1. The van der Waals surface area contributed by atoms with Crippen LogP contribution in [0.5, 0.6) is 0 Å². The van der Waals surface area contributed by atoms with Crippen LogP contribution in [0.25, 0.3) is 0 Å². The molecule has 1 N–H and O–H groups in total. The number of unbranched alkanes of at least 4 members (excludes halogenated alkanes) is 1. The summed E-state index contributed by atoms with van der Waals surface area (Å²) >= 11 is 1.28. The number of anilines is 1. The van der Waals surface area contributed by atoms with Crippen LogP contribution in [0.1, 0.15) is 51.9 Å². The van der Waals surface area contributed by atoms with Crippen LogP contribution in [-0.2, 0) is 4.79 Å². The minimum atomic E-state index is -0.691. The molecule has 9 heteroatoms. The summed E-state index contributed by atoms with van der Waals surface area (Å²) in [4.78, 5) is 34.1. The first-order valence-corrected chi connectivity index (χ1v) is 9.83. The first-order chi connectivity index (χ1) is 12.4. The molecule has 26 heavy (non-hydrogen) atoms. The number of amides is 1. The highest BCUT2D eigenvalue weighted by atomic mass is 32.2. The average molecular weight is 381 g/mol. The number of thioether (sulfide) groups is 1. The molecule has 0 atom stereocenters. The van der Waals surface area contributed by atoms with Gasteiger partial charge in [-0.05, 0) is 31.1 Å². The molecule has 1 aromatic rings. The second-order valence-electron chi connectivity index (χ2n) is 6.38. The Morgan fingerprint density at radius 2 is 1.81 bits per heavy atom. The van der Waals surface area contributed by atoms with Gasteiger partial charge in [0.2, 0.25) is 5.91 Å². The van der Waals surface area contributed by atoms with Gasteiger partial charge in [-0.15, -0.1) is 11.8 Å². The quantitative estimate of drug-likeness (QED) is 0.296. The van der Waals surface area contributed by atoms with E-state index in [0.29, 0.717) is 10.6 Å². The van der Waals surface area contributed by atoms with E-state index in [1.54, 1.807) is 0 Å². The lowest BCUT2D eigenvalue weighted by atomic mass is 9.88. The third-order valence-electron chi connectivity index (χ3n) is 4.46. The van der Waals surface area contributed by atoms with Gasteiger partial charge in [0.05, 0.1) is 20.8 Å². The standard InChI is InChI=1S/C17H23N3O5S/c1-2-3-9-26-16-10-13(14(19(22)23)11-15(16)20(24)25)18-17(21)12-7-5-4-6-8-12/h10-12H,2-9H2,1H3,(H,18,21). The number of hydrogen-bond donors (Lipinski definition) is 1. The Morgan fingerprint density at radius 3 is 2.38 bits per heavy atom. The van der Waals surface area contributed by atoms with Crippen LogP contribution in [-0.4, -0.2) is 21.5 Å². The van der Waals surface area contributed by atoms with Gasteiger partial charge < -0.3 is 5.32 Å². The largest absolute Gasteiger partial charge is 0.320 e. The van der Waals surface area contributed by atoms with Crippen LogP contribution in [0.4, 0.5) is 17.1 Å². The summed E-state index contributed by atoms with van der Waals surface area (Å²) in [6.07, 6.45) is 6.40. The molecule has 8 nitrogen and oxygen atoms in total. The van der Waals surface area contributed by atoms with Crippen molar-refractivity contribution in [3.8, 4) is 0 Å². The molecule has 142 valence electrons. The van der Waals surface area contributed by atoms with Crippen molar-refractivity contribution in [2.45, 2.75) is 56.8 Å². The maximum atomic E-state index is 12.5. The lowest BCUT2D eigenvalue weighted by Crippen LogP contribution is -2.25. The zero-order chi connectivity index (χ0) is 19.1. The number of nitro benzene ring substituents is 2. The molecule has 1 aliphatic carbocycles. The molecule has 2 rings (SSSR count). The summed E-state index contributed by atoms with van der Waals surface area (Å²) in [5.41, 5.74) is -0.704. The van der Waals surface area contributed by atoms with Gasteiger partial charge in [-0.2, -0.15) is 0 Å². The Balaban J connectivity index is 2.31. The van der Waals surface area contributed by atoms with Gasteiger partial charge in [-0.1, -0.05) is 32.6 Å². The summed E-state index contributed by atoms with van der Waals surface area (Å²) in [7, 11) is 0. The second kappa shape index (κ2) is 9.51. The van der Waals surface area contributed by atoms with Gasteiger partial charge in [0, 0.05) is 5.92 Å². The third kappa shape index (κ3) is 5.17. The molecule has 0 aliphatic heterocycles. The topological polar surface area (TPSA) is 115 Å². The number of carbonyl (C=O) groups is 1. The van der Waals surface area contributed by atoms with Gasteiger partial charge in [0.15, 0.2) is 0 Å². The molecule has 0 spiro atoms. The van der Waals surface area contributed by atoms with E-state index in [4.69, 9.17) is 0 Å².